The molecule has 0 amide bonds. The molecule has 2 aliphatic rings. The number of hydrogen-bond donors (Lipinski definition) is 0. The normalized spacial score (nSPS) is 13.7. The summed E-state index contributed by atoms with van der Waals surface area (Å²) in [6, 6.07) is 102. The maximum Gasteiger partial charge on any atom is 0.0714 e. The average molecular weight is 908 g/mol. The Morgan fingerprint density at radius 3 is 1.31 bits per heavy atom. The van der Waals surface area contributed by atoms with Crippen LogP contribution < -0.4 is 4.90 Å². The van der Waals surface area contributed by atoms with Crippen molar-refractivity contribution >= 4 is 48.6 Å². The van der Waals surface area contributed by atoms with Crippen LogP contribution in [-0.2, 0) is 10.8 Å². The second kappa shape index (κ2) is 16.0. The van der Waals surface area contributed by atoms with Gasteiger partial charge in [0.2, 0.25) is 0 Å². The van der Waals surface area contributed by atoms with E-state index in [1.54, 1.807) is 0 Å². The van der Waals surface area contributed by atoms with Crippen LogP contribution in [0.3, 0.4) is 0 Å². The smallest absolute Gasteiger partial charge is 0.0714 e. The van der Waals surface area contributed by atoms with Gasteiger partial charge in [-0.05, 0) is 121 Å². The molecule has 0 saturated heterocycles. The summed E-state index contributed by atoms with van der Waals surface area (Å²) in [5, 5.41) is 2.62. The van der Waals surface area contributed by atoms with Crippen molar-refractivity contribution in [3.05, 3.63) is 317 Å². The van der Waals surface area contributed by atoms with Gasteiger partial charge in [0.15, 0.2) is 0 Å². The fourth-order valence-corrected chi connectivity index (χ4v) is 13.5. The lowest BCUT2D eigenvalue weighted by Crippen LogP contribution is -2.28. The first-order chi connectivity index (χ1) is 34.7. The number of hydrogen-bond acceptors (Lipinski definition) is 2. The Kier molecular flexibility index (Phi) is 9.27. The third kappa shape index (κ3) is 5.84. The van der Waals surface area contributed by atoms with E-state index >= 15 is 0 Å². The zero-order valence-corrected chi connectivity index (χ0v) is 39.2. The van der Waals surface area contributed by atoms with Crippen LogP contribution in [0.1, 0.15) is 44.5 Å². The number of anilines is 3. The highest BCUT2D eigenvalue weighted by Gasteiger charge is 2.48. The Labute approximate surface area is 412 Å². The second-order valence-electron chi connectivity index (χ2n) is 18.7. The molecule has 70 heavy (non-hydrogen) atoms. The largest absolute Gasteiger partial charge is 0.310 e. The highest BCUT2D eigenvalue weighted by molar-refractivity contribution is 7.25. The van der Waals surface area contributed by atoms with Crippen molar-refractivity contribution < 1.29 is 0 Å². The molecular weight excluding hydrogens is 863 g/mol. The molecule has 12 aromatic rings. The van der Waals surface area contributed by atoms with Crippen molar-refractivity contribution in [2.45, 2.75) is 10.8 Å². The Morgan fingerprint density at radius 2 is 0.714 bits per heavy atom. The fraction of sp³-hybridized carbons (Fsp3) is 0.0294. The van der Waals surface area contributed by atoms with Crippen LogP contribution in [0.4, 0.5) is 17.1 Å². The molecule has 2 heteroatoms. The highest BCUT2D eigenvalue weighted by Crippen LogP contribution is 2.60. The van der Waals surface area contributed by atoms with E-state index < -0.39 is 10.8 Å². The maximum atomic E-state index is 2.50. The van der Waals surface area contributed by atoms with Crippen molar-refractivity contribution in [2.75, 3.05) is 4.90 Å². The molecule has 0 bridgehead atoms. The Bertz CT molecular complexity index is 3840. The van der Waals surface area contributed by atoms with E-state index in [4.69, 9.17) is 0 Å². The first kappa shape index (κ1) is 40.5. The van der Waals surface area contributed by atoms with Crippen LogP contribution in [0.5, 0.6) is 0 Å². The van der Waals surface area contributed by atoms with Gasteiger partial charge in [-0.2, -0.15) is 0 Å². The first-order valence-corrected chi connectivity index (χ1v) is 25.1. The Morgan fingerprint density at radius 1 is 0.286 bits per heavy atom. The third-order valence-corrected chi connectivity index (χ3v) is 16.4. The topological polar surface area (TPSA) is 3.24 Å². The summed E-state index contributed by atoms with van der Waals surface area (Å²) in [7, 11) is 0. The zero-order chi connectivity index (χ0) is 46.2. The molecule has 0 atom stereocenters. The van der Waals surface area contributed by atoms with Gasteiger partial charge in [0, 0.05) is 37.1 Å². The minimum absolute atomic E-state index is 0.494. The number of nitrogens with zero attached hydrogens (tertiary/aromatic N) is 1. The Hall–Kier alpha value is -8.56. The molecule has 0 radical (unpaired) electrons. The summed E-state index contributed by atoms with van der Waals surface area (Å²) in [4.78, 5) is 2.50. The van der Waals surface area contributed by atoms with Crippen LogP contribution in [0.15, 0.2) is 273 Å². The van der Waals surface area contributed by atoms with E-state index in [1.807, 2.05) is 11.3 Å². The van der Waals surface area contributed by atoms with E-state index in [1.165, 1.54) is 98.1 Å². The molecule has 0 N–H and O–H groups in total. The van der Waals surface area contributed by atoms with Crippen LogP contribution in [-0.4, -0.2) is 0 Å². The molecular formula is C68H45NS. The van der Waals surface area contributed by atoms with Crippen molar-refractivity contribution in [1.82, 2.24) is 0 Å². The fourth-order valence-electron chi connectivity index (χ4n) is 12.4. The molecule has 0 spiro atoms. The van der Waals surface area contributed by atoms with Crippen LogP contribution >= 0.6 is 11.3 Å². The van der Waals surface area contributed by atoms with Crippen molar-refractivity contribution in [2.24, 2.45) is 0 Å². The summed E-state index contributed by atoms with van der Waals surface area (Å²) < 4.78 is 2.64. The molecule has 1 heterocycles. The zero-order valence-electron chi connectivity index (χ0n) is 38.3. The number of benzene rings is 11. The minimum atomic E-state index is -0.528. The van der Waals surface area contributed by atoms with E-state index in [-0.39, 0.29) is 0 Å². The summed E-state index contributed by atoms with van der Waals surface area (Å²) >= 11 is 1.86. The summed E-state index contributed by atoms with van der Waals surface area (Å²) in [5.41, 5.74) is 20.0. The highest BCUT2D eigenvalue weighted by atomic mass is 32.1. The van der Waals surface area contributed by atoms with Gasteiger partial charge in [-0.25, -0.2) is 0 Å². The number of fused-ring (bicyclic) bond motifs is 9. The first-order valence-electron chi connectivity index (χ1n) is 24.2. The molecule has 14 rings (SSSR count). The van der Waals surface area contributed by atoms with E-state index in [0.717, 1.165) is 17.1 Å². The molecule has 328 valence electrons. The third-order valence-electron chi connectivity index (χ3n) is 15.3. The van der Waals surface area contributed by atoms with Gasteiger partial charge < -0.3 is 4.90 Å². The quantitative estimate of drug-likeness (QED) is 0.147. The van der Waals surface area contributed by atoms with E-state index in [2.05, 4.69) is 278 Å². The van der Waals surface area contributed by atoms with Gasteiger partial charge in [0.25, 0.3) is 0 Å². The minimum Gasteiger partial charge on any atom is -0.310 e. The van der Waals surface area contributed by atoms with E-state index in [9.17, 15) is 0 Å². The molecule has 0 unspecified atom stereocenters. The molecule has 1 nitrogen and oxygen atoms in total. The lowest BCUT2D eigenvalue weighted by Gasteiger charge is -2.35. The molecule has 11 aromatic carbocycles. The van der Waals surface area contributed by atoms with Crippen LogP contribution in [0.2, 0.25) is 0 Å². The predicted octanol–water partition coefficient (Wildman–Crippen LogP) is 17.9. The van der Waals surface area contributed by atoms with Gasteiger partial charge in [-0.1, -0.05) is 224 Å². The van der Waals surface area contributed by atoms with Crippen molar-refractivity contribution in [1.29, 1.82) is 0 Å². The van der Waals surface area contributed by atoms with Gasteiger partial charge in [0.05, 0.1) is 16.5 Å². The monoisotopic (exact) mass is 907 g/mol. The predicted molar refractivity (Wildman–Crippen MR) is 294 cm³/mol. The Balaban J connectivity index is 0.988. The van der Waals surface area contributed by atoms with Gasteiger partial charge in [-0.3, -0.25) is 0 Å². The molecule has 0 fully saturated rings. The average Bonchev–Trinajstić information content (AvgIpc) is 4.07. The van der Waals surface area contributed by atoms with Crippen LogP contribution in [0.25, 0.3) is 53.6 Å². The summed E-state index contributed by atoms with van der Waals surface area (Å²) in [6.45, 7) is 0. The van der Waals surface area contributed by atoms with Gasteiger partial charge >= 0.3 is 0 Å². The molecule has 2 aliphatic carbocycles. The van der Waals surface area contributed by atoms with Gasteiger partial charge in [0.1, 0.15) is 0 Å². The number of thiophene rings is 1. The molecule has 1 aromatic heterocycles. The maximum absolute atomic E-state index is 2.50. The number of rotatable bonds is 8. The van der Waals surface area contributed by atoms with Crippen molar-refractivity contribution in [3.63, 3.8) is 0 Å². The lowest BCUT2D eigenvalue weighted by atomic mass is 9.67. The molecule has 0 saturated carbocycles. The lowest BCUT2D eigenvalue weighted by molar-refractivity contribution is 0.768. The van der Waals surface area contributed by atoms with E-state index in [0.29, 0.717) is 0 Å². The SMILES string of the molecule is c1ccc(C2(c3ccc(N(c4ccc(-c5ccc6sc7ccccc7c6c5)cc4)c4cccc5c4-c4ccccc4C5(c4ccccc4)c4ccccc4)cc3)c3ccccc3-c3ccccc32)cc1. The summed E-state index contributed by atoms with van der Waals surface area (Å²) in [6.07, 6.45) is 0. The molecule has 0 aliphatic heterocycles. The standard InChI is InChI=1S/C68H45NS/c1-4-19-48(20-5-1)67(59-29-14-10-25-54(59)55-26-11-15-30-60(55)67)51-38-42-53(43-39-51)69(52-40-35-46(36-41-52)47-37-44-65-58(45-47)56-27-13-17-34-64(56)70-65)63-33-18-32-62-66(63)57-28-12-16-31-61(57)68(62,49-21-6-2-7-22-49)50-23-8-3-9-24-50/h1-45H. The summed E-state index contributed by atoms with van der Waals surface area (Å²) in [5.74, 6) is 0. The van der Waals surface area contributed by atoms with Crippen molar-refractivity contribution in [3.8, 4) is 33.4 Å². The second-order valence-corrected chi connectivity index (χ2v) is 19.8. The van der Waals surface area contributed by atoms with Crippen LogP contribution in [0, 0.1) is 0 Å². The van der Waals surface area contributed by atoms with Gasteiger partial charge in [-0.15, -0.1) is 11.3 Å².